The van der Waals surface area contributed by atoms with Crippen LogP contribution in [0.4, 0.5) is 0 Å². The number of hydrogen-bond donors (Lipinski definition) is 1. The van der Waals surface area contributed by atoms with E-state index in [0.717, 1.165) is 28.9 Å². The Hall–Kier alpha value is -2.51. The van der Waals surface area contributed by atoms with Crippen molar-refractivity contribution < 1.29 is 14.4 Å². The molecule has 132 valence electrons. The van der Waals surface area contributed by atoms with E-state index in [9.17, 15) is 0 Å². The fourth-order valence-electron chi connectivity index (χ4n) is 2.59. The van der Waals surface area contributed by atoms with E-state index in [4.69, 9.17) is 14.4 Å². The molecule has 0 spiro atoms. The van der Waals surface area contributed by atoms with Gasteiger partial charge in [0.05, 0.1) is 30.7 Å². The molecule has 1 aromatic carbocycles. The normalized spacial score (nSPS) is 11.4. The Kier molecular flexibility index (Phi) is 5.25. The van der Waals surface area contributed by atoms with E-state index in [-0.39, 0.29) is 6.61 Å². The van der Waals surface area contributed by atoms with Crippen LogP contribution in [0, 0.1) is 5.92 Å². The molecular weight excluding hydrogens is 320 g/mol. The van der Waals surface area contributed by atoms with Crippen molar-refractivity contribution in [2.75, 3.05) is 7.11 Å². The molecular formula is C18H22N4O3. The Morgan fingerprint density at radius 1 is 1.24 bits per heavy atom. The molecule has 0 aliphatic rings. The van der Waals surface area contributed by atoms with Gasteiger partial charge in [-0.25, -0.2) is 0 Å². The van der Waals surface area contributed by atoms with Crippen LogP contribution in [0.2, 0.25) is 0 Å². The quantitative estimate of drug-likeness (QED) is 0.710. The average molecular weight is 342 g/mol. The molecule has 2 heterocycles. The zero-order valence-corrected chi connectivity index (χ0v) is 14.6. The topological polar surface area (TPSA) is 86.2 Å². The minimum Gasteiger partial charge on any atom is -0.392 e. The van der Waals surface area contributed by atoms with Crippen LogP contribution < -0.4 is 0 Å². The molecule has 0 aliphatic heterocycles. The summed E-state index contributed by atoms with van der Waals surface area (Å²) in [6, 6.07) is 7.39. The minimum absolute atomic E-state index is 0.00713. The lowest BCUT2D eigenvalue weighted by Crippen LogP contribution is -2.10. The van der Waals surface area contributed by atoms with E-state index in [1.165, 1.54) is 0 Å². The number of hydrogen-bond acceptors (Lipinski definition) is 6. The number of ether oxygens (including phenoxy) is 1. The molecule has 7 heteroatoms. The van der Waals surface area contributed by atoms with Crippen LogP contribution in [0.15, 0.2) is 35.0 Å². The maximum absolute atomic E-state index is 9.13. The molecule has 25 heavy (non-hydrogen) atoms. The van der Waals surface area contributed by atoms with E-state index in [2.05, 4.69) is 29.1 Å². The van der Waals surface area contributed by atoms with E-state index < -0.39 is 0 Å². The van der Waals surface area contributed by atoms with Crippen molar-refractivity contribution >= 4 is 0 Å². The summed E-state index contributed by atoms with van der Waals surface area (Å²) in [4.78, 5) is 4.49. The van der Waals surface area contributed by atoms with E-state index in [0.29, 0.717) is 24.2 Å². The number of benzene rings is 1. The fraction of sp³-hybridized carbons (Fsp3) is 0.389. The molecule has 0 saturated heterocycles. The van der Waals surface area contributed by atoms with Gasteiger partial charge in [-0.15, -0.1) is 0 Å². The van der Waals surface area contributed by atoms with Crippen LogP contribution in [0.5, 0.6) is 0 Å². The van der Waals surface area contributed by atoms with Gasteiger partial charge in [-0.2, -0.15) is 10.1 Å². The summed E-state index contributed by atoms with van der Waals surface area (Å²) >= 11 is 0. The largest absolute Gasteiger partial charge is 0.392 e. The number of nitrogens with zero attached hydrogens (tertiary/aromatic N) is 4. The second kappa shape index (κ2) is 7.58. The Morgan fingerprint density at radius 3 is 2.64 bits per heavy atom. The highest BCUT2D eigenvalue weighted by molar-refractivity contribution is 5.61. The molecule has 7 nitrogen and oxygen atoms in total. The molecule has 0 fully saturated rings. The highest BCUT2D eigenvalue weighted by Gasteiger charge is 2.19. The molecule has 0 saturated carbocycles. The summed E-state index contributed by atoms with van der Waals surface area (Å²) < 4.78 is 12.7. The Labute approximate surface area is 146 Å². The second-order valence-electron chi connectivity index (χ2n) is 6.29. The first-order valence-electron chi connectivity index (χ1n) is 8.20. The first-order chi connectivity index (χ1) is 12.1. The summed E-state index contributed by atoms with van der Waals surface area (Å²) in [5.41, 5.74) is 3.37. The monoisotopic (exact) mass is 342 g/mol. The molecule has 0 unspecified atom stereocenters. The van der Waals surface area contributed by atoms with Gasteiger partial charge in [0.2, 0.25) is 5.82 Å². The SMILES string of the molecule is COCc1c(-c2nc(-c3ccc(CO)cc3)no2)cnn1CC(C)C. The van der Waals surface area contributed by atoms with Gasteiger partial charge in [-0.1, -0.05) is 43.3 Å². The average Bonchev–Trinajstić information content (AvgIpc) is 3.23. The molecule has 3 aromatic rings. The standard InChI is InChI=1S/C18H22N4O3/c1-12(2)9-22-16(11-24-3)15(8-19-22)18-20-17(21-25-18)14-6-4-13(10-23)5-7-14/h4-8,12,23H,9-11H2,1-3H3. The molecule has 0 radical (unpaired) electrons. The second-order valence-corrected chi connectivity index (χ2v) is 6.29. The zero-order valence-electron chi connectivity index (χ0n) is 14.6. The van der Waals surface area contributed by atoms with Crippen molar-refractivity contribution in [1.82, 2.24) is 19.9 Å². The lowest BCUT2D eigenvalue weighted by atomic mass is 10.1. The molecule has 1 N–H and O–H groups in total. The van der Waals surface area contributed by atoms with E-state index >= 15 is 0 Å². The highest BCUT2D eigenvalue weighted by Crippen LogP contribution is 2.26. The van der Waals surface area contributed by atoms with Gasteiger partial charge in [0, 0.05) is 19.2 Å². The molecule has 3 rings (SSSR count). The van der Waals surface area contributed by atoms with Crippen molar-refractivity contribution in [2.24, 2.45) is 5.92 Å². The molecule has 0 amide bonds. The molecule has 2 aromatic heterocycles. The third-order valence-corrected chi connectivity index (χ3v) is 3.82. The van der Waals surface area contributed by atoms with E-state index in [1.54, 1.807) is 13.3 Å². The lowest BCUT2D eigenvalue weighted by molar-refractivity contribution is 0.175. The smallest absolute Gasteiger partial charge is 0.261 e. The first kappa shape index (κ1) is 17.3. The Bertz CT molecular complexity index is 821. The van der Waals surface area contributed by atoms with Crippen LogP contribution in [-0.4, -0.2) is 32.1 Å². The maximum atomic E-state index is 9.13. The zero-order chi connectivity index (χ0) is 17.8. The Balaban J connectivity index is 1.92. The summed E-state index contributed by atoms with van der Waals surface area (Å²) in [5.74, 6) is 1.38. The maximum Gasteiger partial charge on any atom is 0.261 e. The summed E-state index contributed by atoms with van der Waals surface area (Å²) in [7, 11) is 1.65. The summed E-state index contributed by atoms with van der Waals surface area (Å²) in [5, 5.41) is 17.6. The predicted molar refractivity (Wildman–Crippen MR) is 92.4 cm³/mol. The molecule has 0 aliphatic carbocycles. The molecule has 0 atom stereocenters. The van der Waals surface area contributed by atoms with Crippen LogP contribution in [0.1, 0.15) is 25.1 Å². The number of aliphatic hydroxyl groups excluding tert-OH is 1. The van der Waals surface area contributed by atoms with Crippen LogP contribution in [0.25, 0.3) is 22.8 Å². The van der Waals surface area contributed by atoms with Crippen LogP contribution in [-0.2, 0) is 24.5 Å². The van der Waals surface area contributed by atoms with Crippen molar-refractivity contribution in [3.63, 3.8) is 0 Å². The number of rotatable bonds is 7. The van der Waals surface area contributed by atoms with Crippen molar-refractivity contribution in [3.8, 4) is 22.8 Å². The third-order valence-electron chi connectivity index (χ3n) is 3.82. The van der Waals surface area contributed by atoms with Gasteiger partial charge < -0.3 is 14.4 Å². The van der Waals surface area contributed by atoms with Crippen LogP contribution in [0.3, 0.4) is 0 Å². The van der Waals surface area contributed by atoms with Crippen molar-refractivity contribution in [3.05, 3.63) is 41.7 Å². The summed E-state index contributed by atoms with van der Waals surface area (Å²) in [6.07, 6.45) is 1.74. The fourth-order valence-corrected chi connectivity index (χ4v) is 2.59. The van der Waals surface area contributed by atoms with Crippen molar-refractivity contribution in [2.45, 2.75) is 33.6 Å². The predicted octanol–water partition coefficient (Wildman–Crippen LogP) is 2.89. The first-order valence-corrected chi connectivity index (χ1v) is 8.20. The van der Waals surface area contributed by atoms with Gasteiger partial charge in [0.15, 0.2) is 0 Å². The Morgan fingerprint density at radius 2 is 2.00 bits per heavy atom. The van der Waals surface area contributed by atoms with Gasteiger partial charge in [0.1, 0.15) is 0 Å². The van der Waals surface area contributed by atoms with Crippen LogP contribution >= 0.6 is 0 Å². The lowest BCUT2D eigenvalue weighted by Gasteiger charge is -2.09. The van der Waals surface area contributed by atoms with E-state index in [1.807, 2.05) is 28.9 Å². The number of aromatic nitrogens is 4. The van der Waals surface area contributed by atoms with Gasteiger partial charge in [-0.3, -0.25) is 4.68 Å². The molecule has 0 bridgehead atoms. The van der Waals surface area contributed by atoms with Gasteiger partial charge >= 0.3 is 0 Å². The third kappa shape index (κ3) is 3.78. The summed E-state index contributed by atoms with van der Waals surface area (Å²) in [6.45, 7) is 5.50. The number of aliphatic hydroxyl groups is 1. The minimum atomic E-state index is 0.00713. The number of methoxy groups -OCH3 is 1. The van der Waals surface area contributed by atoms with Crippen molar-refractivity contribution in [1.29, 1.82) is 0 Å². The highest BCUT2D eigenvalue weighted by atomic mass is 16.5. The van der Waals surface area contributed by atoms with Gasteiger partial charge in [0.25, 0.3) is 5.89 Å². The van der Waals surface area contributed by atoms with Gasteiger partial charge in [-0.05, 0) is 11.5 Å².